The maximum atomic E-state index is 12.4. The smallest absolute Gasteiger partial charge is 0.253 e. The van der Waals surface area contributed by atoms with Crippen LogP contribution in [0.2, 0.25) is 0 Å². The average Bonchev–Trinajstić information content (AvgIpc) is 2.39. The highest BCUT2D eigenvalue weighted by molar-refractivity contribution is 9.10. The van der Waals surface area contributed by atoms with Gasteiger partial charge in [0.25, 0.3) is 5.91 Å². The highest BCUT2D eigenvalue weighted by Gasteiger charge is 2.20. The lowest BCUT2D eigenvalue weighted by Crippen LogP contribution is -2.47. The van der Waals surface area contributed by atoms with Gasteiger partial charge in [0.2, 0.25) is 0 Å². The van der Waals surface area contributed by atoms with E-state index < -0.39 is 0 Å². The van der Waals surface area contributed by atoms with Gasteiger partial charge in [-0.3, -0.25) is 4.79 Å². The molecule has 1 aliphatic rings. The number of hydrogen-bond donors (Lipinski definition) is 0. The summed E-state index contributed by atoms with van der Waals surface area (Å²) in [4.78, 5) is 16.6. The predicted molar refractivity (Wildman–Crippen MR) is 76.9 cm³/mol. The van der Waals surface area contributed by atoms with Gasteiger partial charge in [0.1, 0.15) is 0 Å². The van der Waals surface area contributed by atoms with Crippen LogP contribution in [0.1, 0.15) is 22.8 Å². The molecular formula is C14H19BrN2O. The van der Waals surface area contributed by atoms with Gasteiger partial charge in [0.05, 0.1) is 0 Å². The molecule has 0 spiro atoms. The normalized spacial score (nSPS) is 16.9. The fourth-order valence-corrected chi connectivity index (χ4v) is 2.70. The summed E-state index contributed by atoms with van der Waals surface area (Å²) in [5.74, 6) is 0.158. The largest absolute Gasteiger partial charge is 0.336 e. The number of carbonyl (C=O) groups excluding carboxylic acids is 1. The number of amides is 1. The van der Waals surface area contributed by atoms with Crippen LogP contribution in [0.4, 0.5) is 0 Å². The van der Waals surface area contributed by atoms with E-state index in [4.69, 9.17) is 0 Å². The Hall–Kier alpha value is -0.870. The third-order valence-corrected chi connectivity index (χ3v) is 4.24. The molecule has 0 radical (unpaired) electrons. The lowest BCUT2D eigenvalue weighted by atomic mass is 10.1. The number of benzene rings is 1. The van der Waals surface area contributed by atoms with Crippen molar-refractivity contribution in [1.29, 1.82) is 0 Å². The summed E-state index contributed by atoms with van der Waals surface area (Å²) in [5, 5.41) is 0. The second-order valence-electron chi connectivity index (χ2n) is 4.76. The van der Waals surface area contributed by atoms with Crippen molar-refractivity contribution in [3.8, 4) is 0 Å². The molecule has 0 atom stereocenters. The van der Waals surface area contributed by atoms with Crippen molar-refractivity contribution in [3.63, 3.8) is 0 Å². The van der Waals surface area contributed by atoms with Crippen LogP contribution in [0, 0.1) is 0 Å². The molecule has 4 heteroatoms. The van der Waals surface area contributed by atoms with Gasteiger partial charge >= 0.3 is 0 Å². The van der Waals surface area contributed by atoms with Crippen molar-refractivity contribution in [2.45, 2.75) is 13.3 Å². The second kappa shape index (κ2) is 5.85. The molecule has 1 heterocycles. The summed E-state index contributed by atoms with van der Waals surface area (Å²) >= 11 is 3.51. The van der Waals surface area contributed by atoms with Gasteiger partial charge in [-0.1, -0.05) is 22.9 Å². The van der Waals surface area contributed by atoms with E-state index in [1.807, 2.05) is 23.1 Å². The number of nitrogens with zero attached hydrogens (tertiary/aromatic N) is 2. The number of piperazine rings is 1. The molecule has 0 unspecified atom stereocenters. The van der Waals surface area contributed by atoms with Crippen LogP contribution < -0.4 is 0 Å². The van der Waals surface area contributed by atoms with E-state index in [0.717, 1.165) is 42.6 Å². The molecule has 3 nitrogen and oxygen atoms in total. The maximum Gasteiger partial charge on any atom is 0.253 e. The van der Waals surface area contributed by atoms with E-state index >= 15 is 0 Å². The average molecular weight is 311 g/mol. The Morgan fingerprint density at radius 3 is 2.56 bits per heavy atom. The molecule has 1 amide bonds. The highest BCUT2D eigenvalue weighted by Crippen LogP contribution is 2.20. The highest BCUT2D eigenvalue weighted by atomic mass is 79.9. The summed E-state index contributed by atoms with van der Waals surface area (Å²) in [6.45, 7) is 5.68. The van der Waals surface area contributed by atoms with Crippen molar-refractivity contribution in [3.05, 3.63) is 33.8 Å². The van der Waals surface area contributed by atoms with Gasteiger partial charge < -0.3 is 9.80 Å². The van der Waals surface area contributed by atoms with Crippen LogP contribution in [-0.4, -0.2) is 48.9 Å². The minimum Gasteiger partial charge on any atom is -0.336 e. The van der Waals surface area contributed by atoms with Gasteiger partial charge in [-0.25, -0.2) is 0 Å². The van der Waals surface area contributed by atoms with Crippen LogP contribution in [0.15, 0.2) is 22.7 Å². The quantitative estimate of drug-likeness (QED) is 0.837. The molecule has 18 heavy (non-hydrogen) atoms. The fraction of sp³-hybridized carbons (Fsp3) is 0.500. The first-order chi connectivity index (χ1) is 8.61. The van der Waals surface area contributed by atoms with Crippen molar-refractivity contribution in [1.82, 2.24) is 9.80 Å². The lowest BCUT2D eigenvalue weighted by molar-refractivity contribution is 0.0664. The third-order valence-electron chi connectivity index (χ3n) is 3.46. The minimum absolute atomic E-state index is 0.158. The zero-order valence-electron chi connectivity index (χ0n) is 10.9. The molecule has 0 bridgehead atoms. The van der Waals surface area contributed by atoms with Crippen molar-refractivity contribution >= 4 is 21.8 Å². The first-order valence-corrected chi connectivity index (χ1v) is 7.17. The lowest BCUT2D eigenvalue weighted by Gasteiger charge is -2.32. The van der Waals surface area contributed by atoms with Crippen LogP contribution in [0.3, 0.4) is 0 Å². The summed E-state index contributed by atoms with van der Waals surface area (Å²) in [6.07, 6.45) is 0.935. The summed E-state index contributed by atoms with van der Waals surface area (Å²) < 4.78 is 1.08. The van der Waals surface area contributed by atoms with Gasteiger partial charge in [0.15, 0.2) is 0 Å². The van der Waals surface area contributed by atoms with E-state index in [1.54, 1.807) is 0 Å². The Morgan fingerprint density at radius 2 is 1.94 bits per heavy atom. The van der Waals surface area contributed by atoms with Gasteiger partial charge in [-0.05, 0) is 37.2 Å². The zero-order chi connectivity index (χ0) is 13.1. The molecule has 1 aromatic carbocycles. The number of hydrogen-bond acceptors (Lipinski definition) is 2. The number of rotatable bonds is 2. The Kier molecular flexibility index (Phi) is 4.40. The Morgan fingerprint density at radius 1 is 1.28 bits per heavy atom. The van der Waals surface area contributed by atoms with Crippen LogP contribution in [0.5, 0.6) is 0 Å². The number of halogens is 1. The van der Waals surface area contributed by atoms with Crippen molar-refractivity contribution in [2.75, 3.05) is 33.2 Å². The fourth-order valence-electron chi connectivity index (χ4n) is 2.17. The summed E-state index contributed by atoms with van der Waals surface area (Å²) in [5.41, 5.74) is 1.99. The molecule has 0 aromatic heterocycles. The number of likely N-dealkylation sites (N-methyl/N-ethyl adjacent to an activating group) is 1. The van der Waals surface area contributed by atoms with Crippen LogP contribution >= 0.6 is 15.9 Å². The Bertz CT molecular complexity index is 439. The van der Waals surface area contributed by atoms with Crippen LogP contribution in [-0.2, 0) is 6.42 Å². The minimum atomic E-state index is 0.158. The summed E-state index contributed by atoms with van der Waals surface area (Å²) in [7, 11) is 2.09. The van der Waals surface area contributed by atoms with E-state index in [0.29, 0.717) is 0 Å². The molecular weight excluding hydrogens is 292 g/mol. The molecule has 2 rings (SSSR count). The van der Waals surface area contributed by atoms with Crippen molar-refractivity contribution < 1.29 is 4.79 Å². The molecule has 1 fully saturated rings. The molecule has 0 saturated carbocycles. The SMILES string of the molecule is CCc1cc(C(=O)N2CCN(C)CC2)ccc1Br. The molecule has 1 saturated heterocycles. The van der Waals surface area contributed by atoms with Gasteiger partial charge in [-0.15, -0.1) is 0 Å². The molecule has 1 aromatic rings. The predicted octanol–water partition coefficient (Wildman–Crippen LogP) is 2.40. The van der Waals surface area contributed by atoms with E-state index in [9.17, 15) is 4.79 Å². The van der Waals surface area contributed by atoms with Crippen LogP contribution in [0.25, 0.3) is 0 Å². The summed E-state index contributed by atoms with van der Waals surface area (Å²) in [6, 6.07) is 5.89. The first-order valence-electron chi connectivity index (χ1n) is 6.38. The first kappa shape index (κ1) is 13.6. The molecule has 0 aliphatic carbocycles. The maximum absolute atomic E-state index is 12.4. The van der Waals surface area contributed by atoms with Gasteiger partial charge in [0, 0.05) is 36.2 Å². The van der Waals surface area contributed by atoms with E-state index in [2.05, 4.69) is 34.8 Å². The van der Waals surface area contributed by atoms with Crippen molar-refractivity contribution in [2.24, 2.45) is 0 Å². The van der Waals surface area contributed by atoms with E-state index in [-0.39, 0.29) is 5.91 Å². The topological polar surface area (TPSA) is 23.6 Å². The van der Waals surface area contributed by atoms with Gasteiger partial charge in [-0.2, -0.15) is 0 Å². The number of carbonyl (C=O) groups is 1. The standard InChI is InChI=1S/C14H19BrN2O/c1-3-11-10-12(4-5-13(11)15)14(18)17-8-6-16(2)7-9-17/h4-5,10H,3,6-9H2,1-2H3. The number of aryl methyl sites for hydroxylation is 1. The van der Waals surface area contributed by atoms with E-state index in [1.165, 1.54) is 5.56 Å². The Labute approximate surface area is 117 Å². The molecule has 0 N–H and O–H groups in total. The monoisotopic (exact) mass is 310 g/mol. The zero-order valence-corrected chi connectivity index (χ0v) is 12.5. The molecule has 98 valence electrons. The Balaban J connectivity index is 2.13. The second-order valence-corrected chi connectivity index (χ2v) is 5.61. The molecule has 1 aliphatic heterocycles. The third kappa shape index (κ3) is 2.93.